The lowest BCUT2D eigenvalue weighted by Gasteiger charge is -2.15. The Balaban J connectivity index is 1.89. The van der Waals surface area contributed by atoms with Crippen LogP contribution in [0.2, 0.25) is 5.02 Å². The number of hydrazine groups is 1. The Kier molecular flexibility index (Phi) is 8.71. The summed E-state index contributed by atoms with van der Waals surface area (Å²) < 4.78 is 21.1. The minimum Gasteiger partial charge on any atom is -0.493 e. The number of carbonyl (C=O) groups excluding carboxylic acids is 2. The van der Waals surface area contributed by atoms with Crippen LogP contribution in [0, 0.1) is 6.92 Å². The molecule has 0 aliphatic rings. The number of rotatable bonds is 7. The van der Waals surface area contributed by atoms with Gasteiger partial charge in [0.15, 0.2) is 23.2 Å². The maximum absolute atomic E-state index is 12.5. The molecule has 9 nitrogen and oxygen atoms in total. The Labute approximate surface area is 189 Å². The summed E-state index contributed by atoms with van der Waals surface area (Å²) in [4.78, 5) is 24.4. The molecule has 0 aliphatic heterocycles. The van der Waals surface area contributed by atoms with Crippen LogP contribution in [0.1, 0.15) is 15.9 Å². The Hall–Kier alpha value is -3.24. The van der Waals surface area contributed by atoms with E-state index in [1.165, 1.54) is 33.5 Å². The van der Waals surface area contributed by atoms with Gasteiger partial charge in [-0.25, -0.2) is 0 Å². The van der Waals surface area contributed by atoms with Crippen molar-refractivity contribution in [1.29, 1.82) is 0 Å². The van der Waals surface area contributed by atoms with Crippen LogP contribution in [0.15, 0.2) is 30.3 Å². The van der Waals surface area contributed by atoms with Gasteiger partial charge in [0.25, 0.3) is 11.8 Å². The van der Waals surface area contributed by atoms with Gasteiger partial charge < -0.3 is 18.9 Å². The molecule has 11 heteroatoms. The first-order chi connectivity index (χ1) is 14.8. The van der Waals surface area contributed by atoms with Crippen molar-refractivity contribution in [3.63, 3.8) is 0 Å². The van der Waals surface area contributed by atoms with E-state index in [4.69, 9.17) is 42.8 Å². The van der Waals surface area contributed by atoms with Gasteiger partial charge in [-0.1, -0.05) is 11.6 Å². The molecule has 2 rings (SSSR count). The highest BCUT2D eigenvalue weighted by Crippen LogP contribution is 2.38. The van der Waals surface area contributed by atoms with Crippen LogP contribution in [-0.4, -0.2) is 44.9 Å². The first-order valence-corrected chi connectivity index (χ1v) is 9.66. The molecular weight excluding hydrogens is 446 g/mol. The Morgan fingerprint density at radius 1 is 0.968 bits per heavy atom. The molecule has 166 valence electrons. The number of aryl methyl sites for hydroxylation is 1. The number of ether oxygens (including phenoxy) is 4. The van der Waals surface area contributed by atoms with E-state index in [2.05, 4.69) is 16.2 Å². The number of nitrogens with one attached hydrogen (secondary N) is 3. The molecule has 2 aromatic carbocycles. The van der Waals surface area contributed by atoms with E-state index < -0.39 is 11.8 Å². The predicted octanol–water partition coefficient (Wildman–Crippen LogP) is 2.39. The zero-order valence-corrected chi connectivity index (χ0v) is 18.9. The van der Waals surface area contributed by atoms with Crippen LogP contribution in [-0.2, 0) is 4.79 Å². The van der Waals surface area contributed by atoms with Gasteiger partial charge in [-0.3, -0.25) is 25.8 Å². The third kappa shape index (κ3) is 6.63. The second kappa shape index (κ2) is 11.2. The normalized spacial score (nSPS) is 9.97. The molecular formula is C20H22ClN3O6S. The van der Waals surface area contributed by atoms with Gasteiger partial charge in [-0.15, -0.1) is 0 Å². The largest absolute Gasteiger partial charge is 0.493 e. The molecule has 0 aliphatic carbocycles. The van der Waals surface area contributed by atoms with Crippen LogP contribution in [0.4, 0.5) is 0 Å². The standard InChI is InChI=1S/C20H22ClN3O6S/c1-11-7-13(21)5-6-14(11)30-10-17(25)23-24-20(31)22-19(26)12-8-15(27-2)18(29-4)16(9-12)28-3/h5-9H,10H2,1-4H3,(H,23,25)(H2,22,24,26,31). The quantitative estimate of drug-likeness (QED) is 0.421. The summed E-state index contributed by atoms with van der Waals surface area (Å²) >= 11 is 10.9. The number of amides is 2. The van der Waals surface area contributed by atoms with Crippen LogP contribution in [0.25, 0.3) is 0 Å². The monoisotopic (exact) mass is 467 g/mol. The van der Waals surface area contributed by atoms with Gasteiger partial charge in [0.1, 0.15) is 5.75 Å². The van der Waals surface area contributed by atoms with Crippen molar-refractivity contribution in [3.8, 4) is 23.0 Å². The van der Waals surface area contributed by atoms with E-state index in [0.717, 1.165) is 5.56 Å². The molecule has 0 unspecified atom stereocenters. The summed E-state index contributed by atoms with van der Waals surface area (Å²) in [5, 5.41) is 2.90. The van der Waals surface area contributed by atoms with Gasteiger partial charge in [-0.05, 0) is 55.0 Å². The van der Waals surface area contributed by atoms with Gasteiger partial charge in [-0.2, -0.15) is 0 Å². The van der Waals surface area contributed by atoms with Crippen molar-refractivity contribution in [1.82, 2.24) is 16.2 Å². The van der Waals surface area contributed by atoms with Crippen LogP contribution in [0.5, 0.6) is 23.0 Å². The summed E-state index contributed by atoms with van der Waals surface area (Å²) in [6.45, 7) is 1.55. The molecule has 0 spiro atoms. The highest BCUT2D eigenvalue weighted by molar-refractivity contribution is 7.80. The number of thiocarbonyl (C=S) groups is 1. The fourth-order valence-corrected chi connectivity index (χ4v) is 2.87. The third-order valence-electron chi connectivity index (χ3n) is 3.97. The average Bonchev–Trinajstić information content (AvgIpc) is 2.75. The fraction of sp³-hybridized carbons (Fsp3) is 0.250. The van der Waals surface area contributed by atoms with Gasteiger partial charge >= 0.3 is 0 Å². The minimum atomic E-state index is -0.543. The highest BCUT2D eigenvalue weighted by atomic mass is 35.5. The summed E-state index contributed by atoms with van der Waals surface area (Å²) in [5.41, 5.74) is 5.78. The first kappa shape index (κ1) is 24.0. The number of methoxy groups -OCH3 is 3. The average molecular weight is 468 g/mol. The minimum absolute atomic E-state index is 0.116. The topological polar surface area (TPSA) is 107 Å². The van der Waals surface area contributed by atoms with E-state index >= 15 is 0 Å². The van der Waals surface area contributed by atoms with E-state index in [1.807, 2.05) is 6.92 Å². The smallest absolute Gasteiger partial charge is 0.276 e. The summed E-state index contributed by atoms with van der Waals surface area (Å²) in [6.07, 6.45) is 0. The molecule has 0 atom stereocenters. The van der Waals surface area contributed by atoms with Crippen molar-refractivity contribution in [2.45, 2.75) is 6.92 Å². The van der Waals surface area contributed by atoms with Crippen molar-refractivity contribution < 1.29 is 28.5 Å². The molecule has 3 N–H and O–H groups in total. The highest BCUT2D eigenvalue weighted by Gasteiger charge is 2.18. The maximum atomic E-state index is 12.5. The van der Waals surface area contributed by atoms with E-state index in [-0.39, 0.29) is 17.3 Å². The third-order valence-corrected chi connectivity index (χ3v) is 4.40. The van der Waals surface area contributed by atoms with Crippen molar-refractivity contribution >= 4 is 40.7 Å². The van der Waals surface area contributed by atoms with Gasteiger partial charge in [0.2, 0.25) is 5.75 Å². The zero-order valence-electron chi connectivity index (χ0n) is 17.3. The zero-order chi connectivity index (χ0) is 23.0. The van der Waals surface area contributed by atoms with Crippen LogP contribution >= 0.6 is 23.8 Å². The maximum Gasteiger partial charge on any atom is 0.276 e. The summed E-state index contributed by atoms with van der Waals surface area (Å²) in [6, 6.07) is 8.00. The van der Waals surface area contributed by atoms with Crippen molar-refractivity contribution in [2.75, 3.05) is 27.9 Å². The lowest BCUT2D eigenvalue weighted by Crippen LogP contribution is -2.49. The predicted molar refractivity (Wildman–Crippen MR) is 119 cm³/mol. The van der Waals surface area contributed by atoms with E-state index in [0.29, 0.717) is 28.0 Å². The van der Waals surface area contributed by atoms with Crippen LogP contribution in [0.3, 0.4) is 0 Å². The molecule has 31 heavy (non-hydrogen) atoms. The molecule has 0 saturated heterocycles. The Morgan fingerprint density at radius 2 is 1.61 bits per heavy atom. The first-order valence-electron chi connectivity index (χ1n) is 8.88. The van der Waals surface area contributed by atoms with Crippen molar-refractivity contribution in [3.05, 3.63) is 46.5 Å². The molecule has 0 radical (unpaired) electrons. The Morgan fingerprint density at radius 3 is 2.16 bits per heavy atom. The number of hydrogen-bond donors (Lipinski definition) is 3. The second-order valence-electron chi connectivity index (χ2n) is 6.07. The Bertz CT molecular complexity index is 960. The summed E-state index contributed by atoms with van der Waals surface area (Å²) in [7, 11) is 4.34. The van der Waals surface area contributed by atoms with E-state index in [1.54, 1.807) is 18.2 Å². The molecule has 0 bridgehead atoms. The molecule has 0 heterocycles. The summed E-state index contributed by atoms with van der Waals surface area (Å²) in [5.74, 6) is 0.462. The number of benzene rings is 2. The van der Waals surface area contributed by atoms with Gasteiger partial charge in [0, 0.05) is 10.6 Å². The number of carbonyl (C=O) groups is 2. The molecule has 0 fully saturated rings. The lowest BCUT2D eigenvalue weighted by atomic mass is 10.1. The molecule has 2 amide bonds. The fourth-order valence-electron chi connectivity index (χ4n) is 2.50. The lowest BCUT2D eigenvalue weighted by molar-refractivity contribution is -0.123. The molecule has 0 aromatic heterocycles. The van der Waals surface area contributed by atoms with E-state index in [9.17, 15) is 9.59 Å². The molecule has 0 saturated carbocycles. The van der Waals surface area contributed by atoms with Crippen molar-refractivity contribution in [2.24, 2.45) is 0 Å². The molecule has 2 aromatic rings. The number of halogens is 1. The van der Waals surface area contributed by atoms with Crippen LogP contribution < -0.4 is 35.1 Å². The number of hydrogen-bond acceptors (Lipinski definition) is 7. The van der Waals surface area contributed by atoms with Gasteiger partial charge in [0.05, 0.1) is 21.3 Å². The SMILES string of the molecule is COc1cc(C(=O)NC(=S)NNC(=O)COc2ccc(Cl)cc2C)cc(OC)c1OC. The second-order valence-corrected chi connectivity index (χ2v) is 6.91.